The fourth-order valence-corrected chi connectivity index (χ4v) is 3.70. The Morgan fingerprint density at radius 2 is 2.12 bits per heavy atom. The molecule has 138 valence electrons. The lowest BCUT2D eigenvalue weighted by Crippen LogP contribution is -2.49. The third-order valence-corrected chi connectivity index (χ3v) is 5.12. The molecule has 2 unspecified atom stereocenters. The first-order chi connectivity index (χ1) is 12.5. The molecule has 2 aromatic rings. The lowest BCUT2D eigenvalue weighted by atomic mass is 10.1. The molecule has 2 heterocycles. The van der Waals surface area contributed by atoms with Crippen LogP contribution >= 0.6 is 11.3 Å². The molecule has 1 aliphatic heterocycles. The van der Waals surface area contributed by atoms with Crippen molar-refractivity contribution in [1.29, 1.82) is 0 Å². The number of thiophene rings is 1. The van der Waals surface area contributed by atoms with Crippen LogP contribution in [0.2, 0.25) is 0 Å². The van der Waals surface area contributed by atoms with Gasteiger partial charge < -0.3 is 15.0 Å². The summed E-state index contributed by atoms with van der Waals surface area (Å²) in [6.45, 7) is 2.16. The molecule has 0 spiro atoms. The van der Waals surface area contributed by atoms with Gasteiger partial charge in [0.2, 0.25) is 5.91 Å². The van der Waals surface area contributed by atoms with E-state index in [9.17, 15) is 9.59 Å². The van der Waals surface area contributed by atoms with Crippen LogP contribution in [-0.4, -0.2) is 50.0 Å². The van der Waals surface area contributed by atoms with Crippen LogP contribution < -0.4 is 15.0 Å². The van der Waals surface area contributed by atoms with E-state index in [2.05, 4.69) is 21.7 Å². The van der Waals surface area contributed by atoms with Crippen molar-refractivity contribution in [1.82, 2.24) is 10.2 Å². The molecule has 7 heteroatoms. The minimum Gasteiger partial charge on any atom is -0.479 e. The summed E-state index contributed by atoms with van der Waals surface area (Å²) in [6, 6.07) is 9.43. The van der Waals surface area contributed by atoms with E-state index < -0.39 is 6.10 Å². The predicted octanol–water partition coefficient (Wildman–Crippen LogP) is 2.28. The maximum absolute atomic E-state index is 12.5. The monoisotopic (exact) mass is 373 g/mol. The largest absolute Gasteiger partial charge is 0.479 e. The van der Waals surface area contributed by atoms with Gasteiger partial charge in [-0.05, 0) is 55.5 Å². The van der Waals surface area contributed by atoms with Crippen molar-refractivity contribution >= 4 is 28.8 Å². The normalized spacial score (nSPS) is 17.6. The molecule has 0 radical (unpaired) electrons. The van der Waals surface area contributed by atoms with Gasteiger partial charge in [-0.1, -0.05) is 12.1 Å². The zero-order valence-corrected chi connectivity index (χ0v) is 16.0. The number of nitrogens with zero attached hydrogens (tertiary/aromatic N) is 2. The fraction of sp³-hybridized carbons (Fsp3) is 0.368. The van der Waals surface area contributed by atoms with Crippen LogP contribution in [0.3, 0.4) is 0 Å². The van der Waals surface area contributed by atoms with Crippen molar-refractivity contribution in [2.45, 2.75) is 19.1 Å². The Morgan fingerprint density at radius 3 is 2.81 bits per heavy atom. The molecule has 1 aromatic carbocycles. The summed E-state index contributed by atoms with van der Waals surface area (Å²) < 4.78 is 5.61. The van der Waals surface area contributed by atoms with Gasteiger partial charge in [0.15, 0.2) is 6.10 Å². The molecule has 1 aliphatic rings. The Labute approximate surface area is 157 Å². The first-order valence-corrected chi connectivity index (χ1v) is 9.44. The highest BCUT2D eigenvalue weighted by atomic mass is 32.1. The van der Waals surface area contributed by atoms with Crippen LogP contribution in [0, 0.1) is 0 Å². The first-order valence-electron chi connectivity index (χ1n) is 8.49. The molecule has 6 nitrogen and oxygen atoms in total. The summed E-state index contributed by atoms with van der Waals surface area (Å²) >= 11 is 1.63. The number of hydrogen-bond donors (Lipinski definition) is 1. The van der Waals surface area contributed by atoms with Crippen molar-refractivity contribution in [3.05, 3.63) is 46.7 Å². The van der Waals surface area contributed by atoms with E-state index in [0.29, 0.717) is 18.0 Å². The quantitative estimate of drug-likeness (QED) is 0.844. The second kappa shape index (κ2) is 7.88. The standard InChI is InChI=1S/C19H23N3O3S/c1-13-19(24)22(15-6-4-5-7-17(15)25-13)11-18(23)20-10-16(21(2)3)14-8-9-26-12-14/h4-9,12-13,16H,10-11H2,1-3H3,(H,20,23). The van der Waals surface area contributed by atoms with Crippen molar-refractivity contribution in [3.8, 4) is 5.75 Å². The van der Waals surface area contributed by atoms with Gasteiger partial charge in [0.05, 0.1) is 11.7 Å². The summed E-state index contributed by atoms with van der Waals surface area (Å²) in [5.41, 5.74) is 1.80. The Hall–Kier alpha value is -2.38. The molecule has 0 aliphatic carbocycles. The third-order valence-electron chi connectivity index (χ3n) is 4.42. The topological polar surface area (TPSA) is 61.9 Å². The Kier molecular flexibility index (Phi) is 5.58. The number of benzene rings is 1. The predicted molar refractivity (Wildman–Crippen MR) is 103 cm³/mol. The van der Waals surface area contributed by atoms with Gasteiger partial charge in [-0.25, -0.2) is 0 Å². The molecule has 0 bridgehead atoms. The van der Waals surface area contributed by atoms with Gasteiger partial charge >= 0.3 is 0 Å². The number of carbonyl (C=O) groups is 2. The number of carbonyl (C=O) groups excluding carboxylic acids is 2. The average Bonchev–Trinajstić information content (AvgIpc) is 3.13. The molecule has 1 aromatic heterocycles. The molecule has 0 saturated carbocycles. The molecule has 3 rings (SSSR count). The molecule has 26 heavy (non-hydrogen) atoms. The number of likely N-dealkylation sites (N-methyl/N-ethyl adjacent to an activating group) is 1. The number of ether oxygens (including phenoxy) is 1. The maximum Gasteiger partial charge on any atom is 0.268 e. The second-order valence-corrected chi connectivity index (χ2v) is 7.27. The maximum atomic E-state index is 12.5. The average molecular weight is 373 g/mol. The number of amides is 2. The van der Waals surface area contributed by atoms with Gasteiger partial charge in [-0.3, -0.25) is 14.5 Å². The number of hydrogen-bond acceptors (Lipinski definition) is 5. The van der Waals surface area contributed by atoms with E-state index in [0.717, 1.165) is 0 Å². The Balaban J connectivity index is 1.67. The summed E-state index contributed by atoms with van der Waals surface area (Å²) in [7, 11) is 3.97. The van der Waals surface area contributed by atoms with E-state index in [1.807, 2.05) is 37.7 Å². The van der Waals surface area contributed by atoms with Crippen LogP contribution in [0.1, 0.15) is 18.5 Å². The number of nitrogens with one attached hydrogen (secondary N) is 1. The van der Waals surface area contributed by atoms with Crippen LogP contribution in [0.25, 0.3) is 0 Å². The van der Waals surface area contributed by atoms with Gasteiger partial charge in [0.1, 0.15) is 12.3 Å². The lowest BCUT2D eigenvalue weighted by molar-refractivity contribution is -0.128. The molecule has 2 amide bonds. The smallest absolute Gasteiger partial charge is 0.268 e. The number of rotatable bonds is 6. The minimum atomic E-state index is -0.599. The van der Waals surface area contributed by atoms with Crippen LogP contribution in [0.15, 0.2) is 41.1 Å². The van der Waals surface area contributed by atoms with Crippen LogP contribution in [0.5, 0.6) is 5.75 Å². The summed E-state index contributed by atoms with van der Waals surface area (Å²) in [5.74, 6) is 0.224. The van der Waals surface area contributed by atoms with Gasteiger partial charge in [0.25, 0.3) is 5.91 Å². The van der Waals surface area contributed by atoms with Crippen molar-refractivity contribution in [2.24, 2.45) is 0 Å². The zero-order valence-electron chi connectivity index (χ0n) is 15.1. The van der Waals surface area contributed by atoms with E-state index in [1.54, 1.807) is 24.3 Å². The minimum absolute atomic E-state index is 0.0205. The summed E-state index contributed by atoms with van der Waals surface area (Å²) in [6.07, 6.45) is -0.599. The van der Waals surface area contributed by atoms with Gasteiger partial charge in [-0.15, -0.1) is 0 Å². The highest BCUT2D eigenvalue weighted by Gasteiger charge is 2.32. The van der Waals surface area contributed by atoms with Crippen LogP contribution in [-0.2, 0) is 9.59 Å². The van der Waals surface area contributed by atoms with Crippen LogP contribution in [0.4, 0.5) is 5.69 Å². The number of fused-ring (bicyclic) bond motifs is 1. The highest BCUT2D eigenvalue weighted by molar-refractivity contribution is 7.07. The van der Waals surface area contributed by atoms with Crippen molar-refractivity contribution in [3.63, 3.8) is 0 Å². The van der Waals surface area contributed by atoms with E-state index in [4.69, 9.17) is 4.74 Å². The van der Waals surface area contributed by atoms with E-state index >= 15 is 0 Å². The fourth-order valence-electron chi connectivity index (χ4n) is 3.00. The van der Waals surface area contributed by atoms with E-state index in [1.165, 1.54) is 10.5 Å². The van der Waals surface area contributed by atoms with E-state index in [-0.39, 0.29) is 24.4 Å². The molecular weight excluding hydrogens is 350 g/mol. The number of para-hydroxylation sites is 2. The molecule has 0 saturated heterocycles. The third kappa shape index (κ3) is 3.89. The second-order valence-electron chi connectivity index (χ2n) is 6.49. The number of anilines is 1. The SMILES string of the molecule is CC1Oc2ccccc2N(CC(=O)NCC(c2ccsc2)N(C)C)C1=O. The van der Waals surface area contributed by atoms with Crippen molar-refractivity contribution < 1.29 is 14.3 Å². The van der Waals surface area contributed by atoms with Gasteiger partial charge in [-0.2, -0.15) is 11.3 Å². The highest BCUT2D eigenvalue weighted by Crippen LogP contribution is 2.33. The lowest BCUT2D eigenvalue weighted by Gasteiger charge is -2.32. The zero-order chi connectivity index (χ0) is 18.7. The summed E-state index contributed by atoms with van der Waals surface area (Å²) in [5, 5.41) is 7.06. The summed E-state index contributed by atoms with van der Waals surface area (Å²) in [4.78, 5) is 28.5. The Bertz CT molecular complexity index is 776. The molecule has 2 atom stereocenters. The molecule has 1 N–H and O–H groups in total. The molecule has 0 fully saturated rings. The Morgan fingerprint density at radius 1 is 1.35 bits per heavy atom. The van der Waals surface area contributed by atoms with Gasteiger partial charge in [0, 0.05) is 6.54 Å². The van der Waals surface area contributed by atoms with Crippen molar-refractivity contribution in [2.75, 3.05) is 32.1 Å². The first kappa shape index (κ1) is 18.4. The molecular formula is C19H23N3O3S.